The van der Waals surface area contributed by atoms with Gasteiger partial charge in [-0.2, -0.15) is 0 Å². The number of pyridine rings is 1. The molecule has 0 saturated heterocycles. The van der Waals surface area contributed by atoms with E-state index in [4.69, 9.17) is 4.98 Å². The Morgan fingerprint density at radius 1 is 1.00 bits per heavy atom. The first-order valence-corrected chi connectivity index (χ1v) is 10.5. The maximum Gasteiger partial charge on any atom is 0.255 e. The Balaban J connectivity index is 1.64. The maximum atomic E-state index is 12.8. The van der Waals surface area contributed by atoms with Gasteiger partial charge in [0.25, 0.3) is 5.91 Å². The largest absolute Gasteiger partial charge is 0.334 e. The summed E-state index contributed by atoms with van der Waals surface area (Å²) in [6.45, 7) is 7.79. The Bertz CT molecular complexity index is 1190. The van der Waals surface area contributed by atoms with Crippen molar-refractivity contribution >= 4 is 16.9 Å². The third-order valence-electron chi connectivity index (χ3n) is 5.53. The molecule has 158 valence electrons. The predicted octanol–water partition coefficient (Wildman–Crippen LogP) is 5.05. The van der Waals surface area contributed by atoms with Crippen molar-refractivity contribution < 1.29 is 4.79 Å². The zero-order valence-electron chi connectivity index (χ0n) is 18.5. The number of nitrogens with zero attached hydrogens (tertiary/aromatic N) is 4. The van der Waals surface area contributed by atoms with Crippen LogP contribution in [-0.2, 0) is 18.5 Å². The molecule has 0 aliphatic heterocycles. The van der Waals surface area contributed by atoms with Crippen molar-refractivity contribution in [2.75, 3.05) is 7.05 Å². The van der Waals surface area contributed by atoms with Gasteiger partial charge in [0.05, 0.1) is 23.1 Å². The highest BCUT2D eigenvalue weighted by Gasteiger charge is 2.18. The highest BCUT2D eigenvalue weighted by atomic mass is 16.2. The van der Waals surface area contributed by atoms with Crippen LogP contribution in [0.25, 0.3) is 11.0 Å². The summed E-state index contributed by atoms with van der Waals surface area (Å²) in [5.74, 6) is 0.794. The summed E-state index contributed by atoms with van der Waals surface area (Å²) >= 11 is 0. The molecule has 0 N–H and O–H groups in total. The van der Waals surface area contributed by atoms with Gasteiger partial charge in [-0.3, -0.25) is 9.78 Å². The van der Waals surface area contributed by atoms with Gasteiger partial charge in [0, 0.05) is 26.0 Å². The Hall–Kier alpha value is -3.47. The second-order valence-electron chi connectivity index (χ2n) is 8.95. The Morgan fingerprint density at radius 2 is 1.74 bits per heavy atom. The molecule has 0 spiro atoms. The monoisotopic (exact) mass is 412 g/mol. The summed E-state index contributed by atoms with van der Waals surface area (Å²) in [5, 5.41) is 0. The molecule has 0 radical (unpaired) electrons. The number of para-hydroxylation sites is 2. The van der Waals surface area contributed by atoms with Gasteiger partial charge in [0.1, 0.15) is 5.82 Å². The lowest BCUT2D eigenvalue weighted by Gasteiger charge is -2.20. The Morgan fingerprint density at radius 3 is 2.42 bits per heavy atom. The van der Waals surface area contributed by atoms with E-state index in [9.17, 15) is 4.79 Å². The van der Waals surface area contributed by atoms with Gasteiger partial charge < -0.3 is 9.47 Å². The van der Waals surface area contributed by atoms with Crippen LogP contribution in [0.5, 0.6) is 0 Å². The van der Waals surface area contributed by atoms with Crippen LogP contribution < -0.4 is 0 Å². The molecular formula is C26H28N4O. The SMILES string of the molecule is CN(Cc1nc2ccccc2n1Cc1ccc(C(C)(C)C)cc1)C(=O)c1cccnc1. The van der Waals surface area contributed by atoms with Crippen LogP contribution in [0.3, 0.4) is 0 Å². The van der Waals surface area contributed by atoms with Crippen molar-refractivity contribution in [1.29, 1.82) is 0 Å². The quantitative estimate of drug-likeness (QED) is 0.461. The molecule has 0 fully saturated rings. The molecule has 4 rings (SSSR count). The van der Waals surface area contributed by atoms with Gasteiger partial charge in [0.15, 0.2) is 0 Å². The van der Waals surface area contributed by atoms with Gasteiger partial charge in [0.2, 0.25) is 0 Å². The fourth-order valence-corrected chi connectivity index (χ4v) is 3.71. The van der Waals surface area contributed by atoms with E-state index >= 15 is 0 Å². The smallest absolute Gasteiger partial charge is 0.255 e. The van der Waals surface area contributed by atoms with E-state index in [0.29, 0.717) is 18.7 Å². The second kappa shape index (κ2) is 8.34. The first-order valence-electron chi connectivity index (χ1n) is 10.5. The fourth-order valence-electron chi connectivity index (χ4n) is 3.71. The summed E-state index contributed by atoms with van der Waals surface area (Å²) in [4.78, 5) is 23.4. The molecule has 0 saturated carbocycles. The minimum Gasteiger partial charge on any atom is -0.334 e. The van der Waals surface area contributed by atoms with Gasteiger partial charge in [-0.1, -0.05) is 57.2 Å². The summed E-state index contributed by atoms with van der Waals surface area (Å²) in [7, 11) is 1.80. The lowest BCUT2D eigenvalue weighted by atomic mass is 9.87. The van der Waals surface area contributed by atoms with Crippen LogP contribution in [0.15, 0.2) is 73.1 Å². The van der Waals surface area contributed by atoms with E-state index in [-0.39, 0.29) is 11.3 Å². The first-order chi connectivity index (χ1) is 14.8. The normalized spacial score (nSPS) is 11.6. The molecule has 0 atom stereocenters. The van der Waals surface area contributed by atoms with Crippen LogP contribution in [0.1, 0.15) is 48.1 Å². The number of aromatic nitrogens is 3. The average molecular weight is 413 g/mol. The molecule has 5 heteroatoms. The van der Waals surface area contributed by atoms with E-state index in [1.165, 1.54) is 11.1 Å². The lowest BCUT2D eigenvalue weighted by Crippen LogP contribution is -2.28. The van der Waals surface area contributed by atoms with Crippen LogP contribution in [0.4, 0.5) is 0 Å². The van der Waals surface area contributed by atoms with E-state index < -0.39 is 0 Å². The minimum atomic E-state index is -0.0683. The summed E-state index contributed by atoms with van der Waals surface area (Å²) in [6.07, 6.45) is 3.26. The first kappa shape index (κ1) is 20.8. The maximum absolute atomic E-state index is 12.8. The van der Waals surface area contributed by atoms with Crippen LogP contribution >= 0.6 is 0 Å². The number of imidazole rings is 1. The molecule has 2 aromatic heterocycles. The van der Waals surface area contributed by atoms with E-state index in [1.807, 2.05) is 18.2 Å². The van der Waals surface area contributed by atoms with Crippen molar-refractivity contribution in [1.82, 2.24) is 19.4 Å². The van der Waals surface area contributed by atoms with Gasteiger partial charge in [-0.15, -0.1) is 0 Å². The van der Waals surface area contributed by atoms with Crippen LogP contribution in [0, 0.1) is 0 Å². The molecule has 0 unspecified atom stereocenters. The molecule has 0 aliphatic carbocycles. The number of amides is 1. The standard InChI is InChI=1S/C26H28N4O/c1-26(2,3)21-13-11-19(12-14-21)17-30-23-10-6-5-9-22(23)28-24(30)18-29(4)25(31)20-8-7-15-27-16-20/h5-16H,17-18H2,1-4H3. The van der Waals surface area contributed by atoms with E-state index in [2.05, 4.69) is 60.7 Å². The number of hydrogen-bond acceptors (Lipinski definition) is 3. The van der Waals surface area contributed by atoms with E-state index in [0.717, 1.165) is 16.9 Å². The van der Waals surface area contributed by atoms with Gasteiger partial charge >= 0.3 is 0 Å². The predicted molar refractivity (Wildman–Crippen MR) is 124 cm³/mol. The minimum absolute atomic E-state index is 0.0683. The topological polar surface area (TPSA) is 51.0 Å². The van der Waals surface area contributed by atoms with Crippen molar-refractivity contribution in [3.05, 3.63) is 95.6 Å². The third-order valence-corrected chi connectivity index (χ3v) is 5.53. The summed E-state index contributed by atoms with van der Waals surface area (Å²) < 4.78 is 2.20. The average Bonchev–Trinajstić information content (AvgIpc) is 3.10. The number of fused-ring (bicyclic) bond motifs is 1. The molecule has 5 nitrogen and oxygen atoms in total. The second-order valence-corrected chi connectivity index (χ2v) is 8.95. The number of carbonyl (C=O) groups excluding carboxylic acids is 1. The lowest BCUT2D eigenvalue weighted by molar-refractivity contribution is 0.0780. The van der Waals surface area contributed by atoms with Crippen molar-refractivity contribution in [3.63, 3.8) is 0 Å². The number of carbonyl (C=O) groups is 1. The van der Waals surface area contributed by atoms with Crippen LogP contribution in [0.2, 0.25) is 0 Å². The molecule has 1 amide bonds. The van der Waals surface area contributed by atoms with Crippen molar-refractivity contribution in [2.24, 2.45) is 0 Å². The molecule has 0 aliphatic rings. The van der Waals surface area contributed by atoms with Gasteiger partial charge in [-0.25, -0.2) is 4.98 Å². The molecule has 2 heterocycles. The third kappa shape index (κ3) is 4.50. The molecule has 0 bridgehead atoms. The van der Waals surface area contributed by atoms with Crippen molar-refractivity contribution in [2.45, 2.75) is 39.3 Å². The summed E-state index contributed by atoms with van der Waals surface area (Å²) in [5.41, 5.74) is 5.23. The molecule has 4 aromatic rings. The van der Waals surface area contributed by atoms with Gasteiger partial charge in [-0.05, 0) is 40.8 Å². The number of rotatable bonds is 5. The van der Waals surface area contributed by atoms with Crippen LogP contribution in [-0.4, -0.2) is 32.4 Å². The zero-order valence-corrected chi connectivity index (χ0v) is 18.5. The Kier molecular flexibility index (Phi) is 5.59. The van der Waals surface area contributed by atoms with Crippen molar-refractivity contribution in [3.8, 4) is 0 Å². The number of benzene rings is 2. The van der Waals surface area contributed by atoms with E-state index in [1.54, 1.807) is 36.5 Å². The molecule has 2 aromatic carbocycles. The number of hydrogen-bond donors (Lipinski definition) is 0. The highest BCUT2D eigenvalue weighted by molar-refractivity contribution is 5.93. The fraction of sp³-hybridized carbons (Fsp3) is 0.269. The molecule has 31 heavy (non-hydrogen) atoms. The highest BCUT2D eigenvalue weighted by Crippen LogP contribution is 2.24. The zero-order chi connectivity index (χ0) is 22.0. The Labute approximate surface area is 183 Å². The molecular weight excluding hydrogens is 384 g/mol. The summed E-state index contributed by atoms with van der Waals surface area (Å²) in [6, 6.07) is 20.4.